The van der Waals surface area contributed by atoms with Crippen LogP contribution in [0.5, 0.6) is 0 Å². The molecule has 3 heterocycles. The first-order valence-corrected chi connectivity index (χ1v) is 15.5. The molecule has 6 nitrogen and oxygen atoms in total. The molecule has 0 aromatic heterocycles. The number of aliphatic hydroxyl groups is 1. The minimum absolute atomic E-state index is 0.0324. The van der Waals surface area contributed by atoms with Gasteiger partial charge in [-0.3, -0.25) is 4.79 Å². The Hall–Kier alpha value is -3.00. The van der Waals surface area contributed by atoms with Gasteiger partial charge in [-0.25, -0.2) is 8.42 Å². The Morgan fingerprint density at radius 1 is 0.923 bits per heavy atom. The van der Waals surface area contributed by atoms with Crippen LogP contribution in [-0.4, -0.2) is 54.3 Å². The highest BCUT2D eigenvalue weighted by atomic mass is 32.2. The summed E-state index contributed by atoms with van der Waals surface area (Å²) in [7, 11) is -3.42. The average molecular weight is 545 g/mol. The van der Waals surface area contributed by atoms with E-state index in [9.17, 15) is 18.3 Å². The third-order valence-electron chi connectivity index (χ3n) is 9.13. The molecule has 1 amide bonds. The van der Waals surface area contributed by atoms with E-state index in [1.807, 2.05) is 71.6 Å². The second kappa shape index (κ2) is 10.5. The Balaban J connectivity index is 1.05. The van der Waals surface area contributed by atoms with Crippen LogP contribution in [-0.2, 0) is 22.7 Å². The minimum atomic E-state index is -3.42. The molecule has 0 saturated carbocycles. The number of piperidine rings is 1. The third kappa shape index (κ3) is 4.92. The maximum Gasteiger partial charge on any atom is 0.253 e. The number of benzene rings is 3. The Morgan fingerprint density at radius 2 is 1.62 bits per heavy atom. The number of nitrogens with one attached hydrogen (secondary N) is 1. The Bertz CT molecular complexity index is 1430. The van der Waals surface area contributed by atoms with E-state index in [1.165, 1.54) is 0 Å². The van der Waals surface area contributed by atoms with Crippen molar-refractivity contribution in [1.29, 1.82) is 0 Å². The summed E-state index contributed by atoms with van der Waals surface area (Å²) in [4.78, 5) is 15.6. The van der Waals surface area contributed by atoms with Crippen LogP contribution in [0.25, 0.3) is 0 Å². The van der Waals surface area contributed by atoms with Crippen LogP contribution in [0, 0.1) is 0 Å². The SMILES string of the molecule is O=C(c1ccc(CC2CCC(C(O)c3ccccc3)N2)cc1)N1CCC2(CCc3ccccc3S2(=O)=O)CC1. The molecular formula is C32H36N2O4S. The molecule has 3 aromatic carbocycles. The highest BCUT2D eigenvalue weighted by Crippen LogP contribution is 2.44. The van der Waals surface area contributed by atoms with E-state index in [0.29, 0.717) is 42.8 Å². The van der Waals surface area contributed by atoms with E-state index in [2.05, 4.69) is 5.32 Å². The molecular weight excluding hydrogens is 508 g/mol. The number of rotatable bonds is 5. The topological polar surface area (TPSA) is 86.7 Å². The van der Waals surface area contributed by atoms with Gasteiger partial charge in [0.25, 0.3) is 5.91 Å². The first-order chi connectivity index (χ1) is 18.9. The number of aliphatic hydroxyl groups excluding tert-OH is 1. The molecule has 2 saturated heterocycles. The van der Waals surface area contributed by atoms with Crippen LogP contribution in [0.4, 0.5) is 0 Å². The highest BCUT2D eigenvalue weighted by Gasteiger charge is 2.49. The smallest absolute Gasteiger partial charge is 0.253 e. The normalized spacial score (nSPS) is 24.3. The van der Waals surface area contributed by atoms with Crippen molar-refractivity contribution in [2.75, 3.05) is 13.1 Å². The van der Waals surface area contributed by atoms with Gasteiger partial charge in [-0.2, -0.15) is 0 Å². The Morgan fingerprint density at radius 3 is 2.36 bits per heavy atom. The number of hydrogen-bond donors (Lipinski definition) is 2. The van der Waals surface area contributed by atoms with Crippen LogP contribution in [0.1, 0.15) is 65.3 Å². The van der Waals surface area contributed by atoms with Crippen molar-refractivity contribution in [3.8, 4) is 0 Å². The fourth-order valence-electron chi connectivity index (χ4n) is 6.73. The van der Waals surface area contributed by atoms with Gasteiger partial charge in [-0.05, 0) is 79.8 Å². The fourth-order valence-corrected chi connectivity index (χ4v) is 9.06. The summed E-state index contributed by atoms with van der Waals surface area (Å²) >= 11 is 0. The molecule has 3 aliphatic heterocycles. The van der Waals surface area contributed by atoms with E-state index < -0.39 is 20.7 Å². The monoisotopic (exact) mass is 544 g/mol. The van der Waals surface area contributed by atoms with E-state index in [0.717, 1.165) is 42.4 Å². The molecule has 0 radical (unpaired) electrons. The summed E-state index contributed by atoms with van der Waals surface area (Å²) < 4.78 is 26.3. The predicted octanol–water partition coefficient (Wildman–Crippen LogP) is 4.48. The molecule has 0 bridgehead atoms. The molecule has 3 unspecified atom stereocenters. The van der Waals surface area contributed by atoms with Crippen molar-refractivity contribution in [3.05, 3.63) is 101 Å². The number of nitrogens with zero attached hydrogens (tertiary/aromatic N) is 1. The summed E-state index contributed by atoms with van der Waals surface area (Å²) in [5.74, 6) is -0.0324. The molecule has 1 spiro atoms. The molecule has 2 fully saturated rings. The lowest BCUT2D eigenvalue weighted by Crippen LogP contribution is -2.52. The summed E-state index contributed by atoms with van der Waals surface area (Å²) in [5.41, 5.74) is 3.65. The zero-order chi connectivity index (χ0) is 27.0. The largest absolute Gasteiger partial charge is 0.387 e. The lowest BCUT2D eigenvalue weighted by Gasteiger charge is -2.43. The summed E-state index contributed by atoms with van der Waals surface area (Å²) in [6.45, 7) is 0.915. The van der Waals surface area contributed by atoms with Crippen LogP contribution >= 0.6 is 0 Å². The zero-order valence-electron chi connectivity index (χ0n) is 22.1. The van der Waals surface area contributed by atoms with Crippen molar-refractivity contribution in [3.63, 3.8) is 0 Å². The zero-order valence-corrected chi connectivity index (χ0v) is 22.9. The molecule has 2 N–H and O–H groups in total. The van der Waals surface area contributed by atoms with Gasteiger partial charge in [0.1, 0.15) is 0 Å². The van der Waals surface area contributed by atoms with Crippen molar-refractivity contribution in [2.24, 2.45) is 0 Å². The number of aryl methyl sites for hydroxylation is 1. The van der Waals surface area contributed by atoms with Crippen LogP contribution in [0.2, 0.25) is 0 Å². The average Bonchev–Trinajstić information content (AvgIpc) is 3.44. The quantitative estimate of drug-likeness (QED) is 0.495. The van der Waals surface area contributed by atoms with Gasteiger partial charge in [0.05, 0.1) is 15.7 Å². The Kier molecular flexibility index (Phi) is 7.08. The maximum absolute atomic E-state index is 13.5. The predicted molar refractivity (Wildman–Crippen MR) is 151 cm³/mol. The minimum Gasteiger partial charge on any atom is -0.387 e. The second-order valence-corrected chi connectivity index (χ2v) is 13.7. The molecule has 7 heteroatoms. The van der Waals surface area contributed by atoms with Crippen LogP contribution in [0.15, 0.2) is 83.8 Å². The van der Waals surface area contributed by atoms with E-state index in [4.69, 9.17) is 0 Å². The van der Waals surface area contributed by atoms with E-state index >= 15 is 0 Å². The van der Waals surface area contributed by atoms with Gasteiger partial charge in [-0.15, -0.1) is 0 Å². The second-order valence-electron chi connectivity index (χ2n) is 11.4. The summed E-state index contributed by atoms with van der Waals surface area (Å²) in [6, 6.07) is 25.3. The fraction of sp³-hybridized carbons (Fsp3) is 0.406. The first-order valence-electron chi connectivity index (χ1n) is 14.1. The number of fused-ring (bicyclic) bond motifs is 1. The number of sulfone groups is 1. The summed E-state index contributed by atoms with van der Waals surface area (Å²) in [5, 5.41) is 14.3. The van der Waals surface area contributed by atoms with Crippen LogP contribution in [0.3, 0.4) is 0 Å². The molecule has 0 aliphatic carbocycles. The molecule has 3 aliphatic rings. The lowest BCUT2D eigenvalue weighted by molar-refractivity contribution is 0.0697. The van der Waals surface area contributed by atoms with Gasteiger partial charge in [-0.1, -0.05) is 60.7 Å². The van der Waals surface area contributed by atoms with Crippen LogP contribution < -0.4 is 5.32 Å². The first kappa shape index (κ1) is 26.2. The van der Waals surface area contributed by atoms with Crippen molar-refractivity contribution < 1.29 is 18.3 Å². The maximum atomic E-state index is 13.5. The number of carbonyl (C=O) groups is 1. The van der Waals surface area contributed by atoms with Crippen molar-refractivity contribution >= 4 is 15.7 Å². The van der Waals surface area contributed by atoms with E-state index in [-0.39, 0.29) is 18.0 Å². The molecule has 6 rings (SSSR count). The van der Waals surface area contributed by atoms with E-state index in [1.54, 1.807) is 12.1 Å². The third-order valence-corrected chi connectivity index (χ3v) is 11.9. The van der Waals surface area contributed by atoms with Gasteiger partial charge in [0, 0.05) is 30.7 Å². The van der Waals surface area contributed by atoms with Gasteiger partial charge >= 0.3 is 0 Å². The molecule has 3 aromatic rings. The molecule has 39 heavy (non-hydrogen) atoms. The van der Waals surface area contributed by atoms with Crippen molar-refractivity contribution in [1.82, 2.24) is 10.2 Å². The lowest BCUT2D eigenvalue weighted by atomic mass is 9.88. The van der Waals surface area contributed by atoms with Gasteiger partial charge in [0.15, 0.2) is 9.84 Å². The Labute approximate surface area is 231 Å². The van der Waals surface area contributed by atoms with Crippen molar-refractivity contribution in [2.45, 2.75) is 72.8 Å². The standard InChI is InChI=1S/C32H36N2O4S/c35-30(25-7-2-1-3-8-25)28-15-14-27(33-28)22-23-10-12-26(13-11-23)31(36)34-20-18-32(19-21-34)17-16-24-6-4-5-9-29(24)39(32,37)38/h1-13,27-28,30,33,35H,14-22H2. The molecule has 3 atom stereocenters. The summed E-state index contributed by atoms with van der Waals surface area (Å²) in [6.07, 6.45) is 4.62. The molecule has 204 valence electrons. The van der Waals surface area contributed by atoms with Gasteiger partial charge < -0.3 is 15.3 Å². The highest BCUT2D eigenvalue weighted by molar-refractivity contribution is 7.93. The number of carbonyl (C=O) groups excluding carboxylic acids is 1. The van der Waals surface area contributed by atoms with Gasteiger partial charge in [0.2, 0.25) is 0 Å². The number of hydrogen-bond acceptors (Lipinski definition) is 5. The number of likely N-dealkylation sites (tertiary alicyclic amines) is 1. The number of amides is 1.